The minimum absolute atomic E-state index is 0.000632. The molecule has 1 aliphatic rings. The number of ether oxygens (including phenoxy) is 1. The maximum atomic E-state index is 15.0. The van der Waals surface area contributed by atoms with Gasteiger partial charge in [-0.25, -0.2) is 4.39 Å². The van der Waals surface area contributed by atoms with Crippen molar-refractivity contribution < 1.29 is 43.0 Å². The first-order valence-electron chi connectivity index (χ1n) is 10.2. The first-order valence-corrected chi connectivity index (χ1v) is 14.1. The Morgan fingerprint density at radius 3 is 2.31 bits per heavy atom. The van der Waals surface area contributed by atoms with Crippen LogP contribution in [-0.2, 0) is 9.53 Å². The molecule has 0 bridgehead atoms. The van der Waals surface area contributed by atoms with E-state index < -0.39 is 53.5 Å². The van der Waals surface area contributed by atoms with Gasteiger partial charge in [-0.3, -0.25) is 9.59 Å². The second-order valence-corrected chi connectivity index (χ2v) is 12.9. The molecule has 1 aliphatic heterocycles. The second-order valence-electron chi connectivity index (χ2n) is 7.95. The topological polar surface area (TPSA) is 67.4 Å². The van der Waals surface area contributed by atoms with Crippen molar-refractivity contribution in [2.45, 2.75) is 33.7 Å². The normalized spacial score (nSPS) is 20.1. The first-order chi connectivity index (χ1) is 16.4. The van der Waals surface area contributed by atoms with Crippen LogP contribution in [-0.4, -0.2) is 39.7 Å². The molecule has 1 fully saturated rings. The summed E-state index contributed by atoms with van der Waals surface area (Å²) in [7, 11) is -10.8. The SMILES string of the molecule is O=C(Nc1ccccc1S(F)(F)(F)(F)C(F)(F)C(F)(Br)CBr)c1cccc(NC(=O)C2CCCO2)c1. The number of benzene rings is 2. The van der Waals surface area contributed by atoms with E-state index in [-0.39, 0.29) is 17.3 Å². The van der Waals surface area contributed by atoms with Crippen LogP contribution >= 0.6 is 41.7 Å². The van der Waals surface area contributed by atoms with E-state index in [4.69, 9.17) is 4.74 Å². The Morgan fingerprint density at radius 1 is 1.03 bits per heavy atom. The molecule has 0 saturated carbocycles. The van der Waals surface area contributed by atoms with Gasteiger partial charge in [0.1, 0.15) is 11.0 Å². The van der Waals surface area contributed by atoms with Gasteiger partial charge < -0.3 is 15.4 Å². The highest BCUT2D eigenvalue weighted by molar-refractivity contribution is 9.12. The lowest BCUT2D eigenvalue weighted by Crippen LogP contribution is -2.51. The lowest BCUT2D eigenvalue weighted by Gasteiger charge is -2.56. The highest BCUT2D eigenvalue weighted by atomic mass is 79.9. The van der Waals surface area contributed by atoms with Gasteiger partial charge in [0.25, 0.3) is 16.4 Å². The number of nitrogens with one attached hydrogen (secondary N) is 2. The van der Waals surface area contributed by atoms with E-state index in [1.807, 2.05) is 0 Å². The van der Waals surface area contributed by atoms with Crippen molar-refractivity contribution in [1.29, 1.82) is 0 Å². The molecular weight excluding hydrogens is 653 g/mol. The van der Waals surface area contributed by atoms with E-state index in [0.717, 1.165) is 12.1 Å². The van der Waals surface area contributed by atoms with Crippen molar-refractivity contribution in [1.82, 2.24) is 0 Å². The fourth-order valence-electron chi connectivity index (χ4n) is 3.38. The van der Waals surface area contributed by atoms with Crippen LogP contribution in [0.3, 0.4) is 0 Å². The van der Waals surface area contributed by atoms with E-state index in [1.165, 1.54) is 18.2 Å². The Balaban J connectivity index is 1.95. The van der Waals surface area contributed by atoms with Crippen LogP contribution < -0.4 is 10.6 Å². The zero-order chi connectivity index (χ0) is 27.1. The second kappa shape index (κ2) is 9.17. The summed E-state index contributed by atoms with van der Waals surface area (Å²) >= 11 is 3.84. The summed E-state index contributed by atoms with van der Waals surface area (Å²) in [5.41, 5.74) is -1.50. The standard InChI is InChI=1S/C21H19Br2F7N2O3S/c22-12-20(23,24)21(25,26)36(27,28,29,30)17-9-2-1-7-15(17)32-18(33)13-5-3-6-14(11-13)31-19(34)16-8-4-10-35-16/h1-3,5-7,9,11,16H,4,8,10,12H2,(H,31,34)(H,32,33). The third-order valence-corrected chi connectivity index (χ3v) is 10.5. The molecule has 2 N–H and O–H groups in total. The predicted molar refractivity (Wildman–Crippen MR) is 130 cm³/mol. The fraction of sp³-hybridized carbons (Fsp3) is 0.333. The maximum Gasteiger partial charge on any atom is 0.401 e. The van der Waals surface area contributed by atoms with Gasteiger partial charge in [-0.15, -0.1) is 15.5 Å². The summed E-state index contributed by atoms with van der Waals surface area (Å²) in [4.78, 5) is 22.4. The summed E-state index contributed by atoms with van der Waals surface area (Å²) in [6.07, 6.45) is 0.480. The number of carbonyl (C=O) groups is 2. The Labute approximate surface area is 217 Å². The average Bonchev–Trinajstić information content (AvgIpc) is 3.34. The third-order valence-electron chi connectivity index (χ3n) is 5.30. The zero-order valence-corrected chi connectivity index (χ0v) is 22.0. The van der Waals surface area contributed by atoms with Gasteiger partial charge in [0, 0.05) is 17.9 Å². The summed E-state index contributed by atoms with van der Waals surface area (Å²) < 4.78 is 104. The predicted octanol–water partition coefficient (Wildman–Crippen LogP) is 7.88. The number of hydrogen-bond acceptors (Lipinski definition) is 3. The molecule has 1 heterocycles. The molecule has 36 heavy (non-hydrogen) atoms. The monoisotopic (exact) mass is 670 g/mol. The van der Waals surface area contributed by atoms with Gasteiger partial charge in [0.2, 0.25) is 9.84 Å². The van der Waals surface area contributed by atoms with Crippen LogP contribution in [0.4, 0.5) is 40.1 Å². The molecule has 2 atom stereocenters. The van der Waals surface area contributed by atoms with Crippen LogP contribution in [0.1, 0.15) is 23.2 Å². The molecule has 0 radical (unpaired) electrons. The summed E-state index contributed by atoms with van der Waals surface area (Å²) in [6, 6.07) is 7.16. The Morgan fingerprint density at radius 2 is 1.69 bits per heavy atom. The number of carbonyl (C=O) groups excluding carboxylic acids is 2. The van der Waals surface area contributed by atoms with Crippen molar-refractivity contribution in [3.63, 3.8) is 0 Å². The van der Waals surface area contributed by atoms with Crippen LogP contribution in [0.25, 0.3) is 0 Å². The zero-order valence-electron chi connectivity index (χ0n) is 18.1. The average molecular weight is 672 g/mol. The van der Waals surface area contributed by atoms with E-state index in [2.05, 4.69) is 21.2 Å². The molecule has 15 heteroatoms. The highest BCUT2D eigenvalue weighted by Gasteiger charge is 2.89. The molecule has 1 saturated heterocycles. The molecule has 3 rings (SSSR count). The van der Waals surface area contributed by atoms with Crippen LogP contribution in [0.15, 0.2) is 53.4 Å². The van der Waals surface area contributed by atoms with Crippen molar-refractivity contribution in [3.8, 4) is 0 Å². The maximum absolute atomic E-state index is 15.0. The van der Waals surface area contributed by atoms with Gasteiger partial charge in [-0.1, -0.05) is 34.1 Å². The molecule has 2 aromatic rings. The van der Waals surface area contributed by atoms with Crippen LogP contribution in [0.2, 0.25) is 0 Å². The Bertz CT molecular complexity index is 1190. The molecule has 2 unspecified atom stereocenters. The van der Waals surface area contributed by atoms with Gasteiger partial charge >= 0.3 is 5.25 Å². The smallest absolute Gasteiger partial charge is 0.368 e. The Kier molecular flexibility index (Phi) is 7.32. The quantitative estimate of drug-likeness (QED) is 0.222. The summed E-state index contributed by atoms with van der Waals surface area (Å²) in [6.45, 7) is 0.408. The van der Waals surface area contributed by atoms with Crippen molar-refractivity contribution in [2.24, 2.45) is 0 Å². The van der Waals surface area contributed by atoms with E-state index in [0.29, 0.717) is 31.6 Å². The molecular formula is C21H19Br2F7N2O3S. The van der Waals surface area contributed by atoms with Gasteiger partial charge in [0.15, 0.2) is 0 Å². The summed E-state index contributed by atoms with van der Waals surface area (Å²) in [5, 5.41) is -3.82. The molecule has 200 valence electrons. The number of para-hydroxylation sites is 1. The van der Waals surface area contributed by atoms with E-state index in [1.54, 1.807) is 21.2 Å². The Hall–Kier alpha value is -1.84. The van der Waals surface area contributed by atoms with E-state index in [9.17, 15) is 38.3 Å². The van der Waals surface area contributed by atoms with Crippen molar-refractivity contribution in [3.05, 3.63) is 54.1 Å². The minimum atomic E-state index is -10.8. The van der Waals surface area contributed by atoms with E-state index >= 15 is 0 Å². The van der Waals surface area contributed by atoms with Gasteiger partial charge in [-0.2, -0.15) is 8.78 Å². The number of amides is 2. The van der Waals surface area contributed by atoms with Crippen molar-refractivity contribution in [2.75, 3.05) is 22.6 Å². The van der Waals surface area contributed by atoms with Gasteiger partial charge in [0.05, 0.1) is 11.0 Å². The number of hydrogen-bond donors (Lipinski definition) is 2. The molecule has 2 amide bonds. The minimum Gasteiger partial charge on any atom is -0.368 e. The lowest BCUT2D eigenvalue weighted by molar-refractivity contribution is -0.124. The highest BCUT2D eigenvalue weighted by Crippen LogP contribution is 3.08. The lowest BCUT2D eigenvalue weighted by atomic mass is 10.1. The largest absolute Gasteiger partial charge is 0.401 e. The van der Waals surface area contributed by atoms with Crippen molar-refractivity contribution >= 4 is 64.9 Å². The molecule has 0 spiro atoms. The summed E-state index contributed by atoms with van der Waals surface area (Å²) in [5.74, 6) is -1.71. The third kappa shape index (κ3) is 4.98. The molecule has 2 aromatic carbocycles. The number of anilines is 2. The number of halogens is 9. The number of rotatable bonds is 8. The van der Waals surface area contributed by atoms with Crippen LogP contribution in [0.5, 0.6) is 0 Å². The molecule has 0 aromatic heterocycles. The molecule has 0 aliphatic carbocycles. The fourth-order valence-corrected chi connectivity index (χ4v) is 6.76. The first kappa shape index (κ1) is 28.7. The number of alkyl halides is 5. The van der Waals surface area contributed by atoms with Crippen LogP contribution in [0, 0.1) is 0 Å². The van der Waals surface area contributed by atoms with Gasteiger partial charge in [-0.05, 0) is 59.1 Å². The molecule has 5 nitrogen and oxygen atoms in total.